The van der Waals surface area contributed by atoms with Crippen molar-refractivity contribution in [2.75, 3.05) is 48.1 Å². The van der Waals surface area contributed by atoms with Crippen LogP contribution in [0.25, 0.3) is 0 Å². The van der Waals surface area contributed by atoms with Gasteiger partial charge in [0.1, 0.15) is 12.7 Å². The second-order valence-corrected chi connectivity index (χ2v) is 8.69. The summed E-state index contributed by atoms with van der Waals surface area (Å²) in [5.74, 6) is 1.44. The van der Waals surface area contributed by atoms with E-state index in [2.05, 4.69) is 10.0 Å². The van der Waals surface area contributed by atoms with Gasteiger partial charge in [-0.05, 0) is 24.3 Å². The van der Waals surface area contributed by atoms with Crippen LogP contribution in [0.1, 0.15) is 6.42 Å². The highest BCUT2D eigenvalue weighted by atomic mass is 32.2. The number of sulfonamides is 1. The van der Waals surface area contributed by atoms with E-state index in [0.717, 1.165) is 0 Å². The van der Waals surface area contributed by atoms with Crippen LogP contribution in [0.15, 0.2) is 41.3 Å². The normalized spacial score (nSPS) is 11.9. The van der Waals surface area contributed by atoms with Crippen molar-refractivity contribution < 1.29 is 42.0 Å². The summed E-state index contributed by atoms with van der Waals surface area (Å²) in [7, 11) is 1.96. The summed E-state index contributed by atoms with van der Waals surface area (Å²) in [5, 5.41) is 12.7. The summed E-state index contributed by atoms with van der Waals surface area (Å²) in [4.78, 5) is 12.0. The van der Waals surface area contributed by atoms with Gasteiger partial charge in [-0.2, -0.15) is 0 Å². The predicted octanol–water partition coefficient (Wildman–Crippen LogP) is 0.946. The molecule has 0 aliphatic rings. The fourth-order valence-electron chi connectivity index (χ4n) is 2.88. The topological polar surface area (TPSA) is 142 Å². The van der Waals surface area contributed by atoms with Gasteiger partial charge < -0.3 is 34.1 Å². The quantitative estimate of drug-likeness (QED) is 0.347. The Labute approximate surface area is 199 Å². The van der Waals surface area contributed by atoms with Gasteiger partial charge in [-0.1, -0.05) is 6.07 Å². The van der Waals surface area contributed by atoms with Crippen LogP contribution in [0, 0.1) is 0 Å². The molecule has 0 saturated heterocycles. The maximum atomic E-state index is 12.5. The molecule has 0 aliphatic carbocycles. The Bertz CT molecular complexity index is 1040. The molecule has 12 heteroatoms. The number of hydrogen-bond donors (Lipinski definition) is 3. The van der Waals surface area contributed by atoms with E-state index in [4.69, 9.17) is 23.7 Å². The Hall–Kier alpha value is -3.22. The number of benzene rings is 2. The van der Waals surface area contributed by atoms with Crippen molar-refractivity contribution in [3.63, 3.8) is 0 Å². The lowest BCUT2D eigenvalue weighted by atomic mass is 10.3. The number of rotatable bonds is 14. The van der Waals surface area contributed by atoms with Gasteiger partial charge in [0, 0.05) is 25.6 Å². The van der Waals surface area contributed by atoms with Crippen molar-refractivity contribution in [1.29, 1.82) is 0 Å². The minimum atomic E-state index is -3.86. The van der Waals surface area contributed by atoms with Crippen LogP contribution < -0.4 is 33.7 Å². The zero-order chi connectivity index (χ0) is 25.1. The number of para-hydroxylation sites is 1. The first-order chi connectivity index (χ1) is 16.2. The lowest BCUT2D eigenvalue weighted by Gasteiger charge is -2.17. The van der Waals surface area contributed by atoms with Crippen molar-refractivity contribution in [1.82, 2.24) is 10.0 Å². The first-order valence-electron chi connectivity index (χ1n) is 10.3. The van der Waals surface area contributed by atoms with Crippen LogP contribution >= 0.6 is 0 Å². The lowest BCUT2D eigenvalue weighted by Crippen LogP contribution is -2.37. The number of ether oxygens (including phenoxy) is 5. The van der Waals surface area contributed by atoms with Crippen LogP contribution in [0.5, 0.6) is 28.7 Å². The van der Waals surface area contributed by atoms with Gasteiger partial charge in [0.2, 0.25) is 21.7 Å². The smallest absolute Gasteiger partial charge is 0.240 e. The van der Waals surface area contributed by atoms with Crippen LogP contribution in [0.4, 0.5) is 0 Å². The van der Waals surface area contributed by atoms with E-state index in [1.165, 1.54) is 46.6 Å². The molecule has 34 heavy (non-hydrogen) atoms. The van der Waals surface area contributed by atoms with Crippen molar-refractivity contribution in [2.45, 2.75) is 17.4 Å². The summed E-state index contributed by atoms with van der Waals surface area (Å²) in [5.41, 5.74) is 0. The largest absolute Gasteiger partial charge is 0.493 e. The van der Waals surface area contributed by atoms with Crippen molar-refractivity contribution in [3.8, 4) is 28.7 Å². The van der Waals surface area contributed by atoms with Crippen LogP contribution in [-0.2, 0) is 14.8 Å². The Morgan fingerprint density at radius 3 is 2.15 bits per heavy atom. The molecule has 0 radical (unpaired) electrons. The predicted molar refractivity (Wildman–Crippen MR) is 123 cm³/mol. The summed E-state index contributed by atoms with van der Waals surface area (Å²) < 4.78 is 53.5. The molecule has 0 heterocycles. The molecule has 2 aromatic rings. The van der Waals surface area contributed by atoms with E-state index in [9.17, 15) is 18.3 Å². The van der Waals surface area contributed by atoms with E-state index < -0.39 is 22.0 Å². The number of carbonyl (C=O) groups is 1. The number of aliphatic hydroxyl groups is 1. The molecule has 0 bridgehead atoms. The van der Waals surface area contributed by atoms with E-state index >= 15 is 0 Å². The molecule has 11 nitrogen and oxygen atoms in total. The molecule has 1 amide bonds. The second kappa shape index (κ2) is 12.9. The van der Waals surface area contributed by atoms with Crippen molar-refractivity contribution in [2.24, 2.45) is 0 Å². The van der Waals surface area contributed by atoms with E-state index in [1.54, 1.807) is 18.2 Å². The standard InChI is InChI=1S/C22H30N2O9S/c1-29-17-9-8-16(12-20(17)32-4)34(27,28)24-11-10-21(26)23-13-15(25)14-33-22-18(30-2)6-5-7-19(22)31-3/h5-9,12,15,24-25H,10-11,13-14H2,1-4H3,(H,23,26). The molecule has 0 aromatic heterocycles. The molecule has 188 valence electrons. The van der Waals surface area contributed by atoms with Gasteiger partial charge in [0.15, 0.2) is 23.0 Å². The van der Waals surface area contributed by atoms with E-state index in [1.807, 2.05) is 0 Å². The molecular formula is C22H30N2O9S. The lowest BCUT2D eigenvalue weighted by molar-refractivity contribution is -0.121. The highest BCUT2D eigenvalue weighted by Gasteiger charge is 2.18. The minimum absolute atomic E-state index is 0.0232. The molecule has 1 atom stereocenters. The van der Waals surface area contributed by atoms with E-state index in [-0.39, 0.29) is 36.8 Å². The van der Waals surface area contributed by atoms with Crippen molar-refractivity contribution >= 4 is 15.9 Å². The molecule has 1 unspecified atom stereocenters. The average Bonchev–Trinajstić information content (AvgIpc) is 2.85. The molecular weight excluding hydrogens is 468 g/mol. The van der Waals surface area contributed by atoms with Gasteiger partial charge in [0.05, 0.1) is 33.3 Å². The van der Waals surface area contributed by atoms with Gasteiger partial charge in [-0.15, -0.1) is 0 Å². The third-order valence-electron chi connectivity index (χ3n) is 4.65. The Morgan fingerprint density at radius 1 is 0.941 bits per heavy atom. The maximum absolute atomic E-state index is 12.5. The molecule has 0 spiro atoms. The van der Waals surface area contributed by atoms with Gasteiger partial charge in [0.25, 0.3) is 0 Å². The number of amides is 1. The maximum Gasteiger partial charge on any atom is 0.240 e. The molecule has 2 rings (SSSR count). The molecule has 2 aromatic carbocycles. The third-order valence-corrected chi connectivity index (χ3v) is 6.11. The Balaban J connectivity index is 1.79. The summed E-state index contributed by atoms with van der Waals surface area (Å²) >= 11 is 0. The first kappa shape index (κ1) is 27.0. The highest BCUT2D eigenvalue weighted by Crippen LogP contribution is 2.36. The van der Waals surface area contributed by atoms with Crippen molar-refractivity contribution in [3.05, 3.63) is 36.4 Å². The first-order valence-corrected chi connectivity index (χ1v) is 11.7. The summed E-state index contributed by atoms with van der Waals surface area (Å²) in [6.07, 6.45) is -1.14. The van der Waals surface area contributed by atoms with E-state index in [0.29, 0.717) is 23.0 Å². The minimum Gasteiger partial charge on any atom is -0.493 e. The summed E-state index contributed by atoms with van der Waals surface area (Å²) in [6.45, 7) is -0.338. The number of methoxy groups -OCH3 is 4. The number of nitrogens with one attached hydrogen (secondary N) is 2. The Morgan fingerprint density at radius 2 is 1.56 bits per heavy atom. The molecule has 0 aliphatic heterocycles. The molecule has 3 N–H and O–H groups in total. The van der Waals surface area contributed by atoms with Gasteiger partial charge >= 0.3 is 0 Å². The van der Waals surface area contributed by atoms with Crippen LogP contribution in [0.3, 0.4) is 0 Å². The third kappa shape index (κ3) is 7.40. The fourth-order valence-corrected chi connectivity index (χ4v) is 3.93. The summed E-state index contributed by atoms with van der Waals surface area (Å²) in [6, 6.07) is 9.29. The highest BCUT2D eigenvalue weighted by molar-refractivity contribution is 7.89. The molecule has 0 fully saturated rings. The number of hydrogen-bond acceptors (Lipinski definition) is 9. The number of aliphatic hydroxyl groups excluding tert-OH is 1. The average molecular weight is 499 g/mol. The Kier molecular flexibility index (Phi) is 10.2. The van der Waals surface area contributed by atoms with Gasteiger partial charge in [-0.25, -0.2) is 13.1 Å². The fraction of sp³-hybridized carbons (Fsp3) is 0.409. The zero-order valence-corrected chi connectivity index (χ0v) is 20.3. The van der Waals surface area contributed by atoms with Crippen LogP contribution in [-0.4, -0.2) is 73.7 Å². The number of carbonyl (C=O) groups excluding carboxylic acids is 1. The second-order valence-electron chi connectivity index (χ2n) is 6.93. The van der Waals surface area contributed by atoms with Crippen LogP contribution in [0.2, 0.25) is 0 Å². The monoisotopic (exact) mass is 498 g/mol. The van der Waals surface area contributed by atoms with Gasteiger partial charge in [-0.3, -0.25) is 4.79 Å². The molecule has 0 saturated carbocycles. The SMILES string of the molecule is COc1ccc(S(=O)(=O)NCCC(=O)NCC(O)COc2c(OC)cccc2OC)cc1OC. The zero-order valence-electron chi connectivity index (χ0n) is 19.5.